The lowest BCUT2D eigenvalue weighted by molar-refractivity contribution is -0.126. The zero-order valence-electron chi connectivity index (χ0n) is 24.6. The highest BCUT2D eigenvalue weighted by atomic mass is 32.2. The Labute approximate surface area is 251 Å². The molecule has 1 saturated heterocycles. The summed E-state index contributed by atoms with van der Waals surface area (Å²) < 4.78 is 61.6. The molecule has 1 amide bonds. The number of amides is 1. The van der Waals surface area contributed by atoms with Crippen molar-refractivity contribution >= 4 is 27.3 Å². The third-order valence-electron chi connectivity index (χ3n) is 8.85. The number of halogens is 1. The van der Waals surface area contributed by atoms with Gasteiger partial charge in [-0.05, 0) is 74.2 Å². The van der Waals surface area contributed by atoms with Crippen LogP contribution in [0.5, 0.6) is 17.2 Å². The number of nitrogens with zero attached hydrogens (tertiary/aromatic N) is 2. The minimum atomic E-state index is -4.39. The highest BCUT2D eigenvalue weighted by molar-refractivity contribution is 7.92. The van der Waals surface area contributed by atoms with Crippen molar-refractivity contribution in [3.05, 3.63) is 71.5 Å². The van der Waals surface area contributed by atoms with Crippen molar-refractivity contribution in [3.63, 3.8) is 0 Å². The fraction of sp³-hybridized carbons (Fsp3) is 0.406. The van der Waals surface area contributed by atoms with E-state index in [1.54, 1.807) is 24.1 Å². The molecule has 11 heteroatoms. The number of nitrogens with one attached hydrogen (secondary N) is 1. The molecule has 0 unspecified atom stereocenters. The van der Waals surface area contributed by atoms with E-state index in [9.17, 15) is 17.6 Å². The summed E-state index contributed by atoms with van der Waals surface area (Å²) in [5.74, 6) is 0.117. The van der Waals surface area contributed by atoms with E-state index in [1.165, 1.54) is 19.2 Å². The topological polar surface area (TPSA) is 97.4 Å². The molecule has 1 aliphatic carbocycles. The average molecular weight is 610 g/mol. The van der Waals surface area contributed by atoms with Gasteiger partial charge < -0.3 is 24.0 Å². The second-order valence-electron chi connectivity index (χ2n) is 11.5. The molecule has 228 valence electrons. The summed E-state index contributed by atoms with van der Waals surface area (Å²) >= 11 is 0. The van der Waals surface area contributed by atoms with Crippen LogP contribution in [-0.2, 0) is 26.8 Å². The Kier molecular flexibility index (Phi) is 7.72. The summed E-state index contributed by atoms with van der Waals surface area (Å²) in [6.45, 7) is 2.06. The molecular weight excluding hydrogens is 573 g/mol. The van der Waals surface area contributed by atoms with Gasteiger partial charge in [-0.1, -0.05) is 24.6 Å². The smallest absolute Gasteiger partial charge is 0.268 e. The van der Waals surface area contributed by atoms with Crippen molar-refractivity contribution in [2.75, 3.05) is 44.0 Å². The van der Waals surface area contributed by atoms with Gasteiger partial charge in [0.05, 0.1) is 37.6 Å². The number of hydrogen-bond donors (Lipinski definition) is 1. The van der Waals surface area contributed by atoms with E-state index in [0.29, 0.717) is 30.8 Å². The third-order valence-corrected chi connectivity index (χ3v) is 10.3. The Hall–Kier alpha value is -3.83. The summed E-state index contributed by atoms with van der Waals surface area (Å²) in [5, 5.41) is 0. The van der Waals surface area contributed by atoms with Gasteiger partial charge in [-0.3, -0.25) is 9.52 Å². The van der Waals surface area contributed by atoms with Crippen LogP contribution in [0.25, 0.3) is 0 Å². The molecule has 2 heterocycles. The predicted octanol–water partition coefficient (Wildman–Crippen LogP) is 5.09. The standard InChI is InChI=1S/C32H36FN3O6S/c1-35-16-12-24(13-17-35)42-28-19-22(34-43(38,39)30-26(33)6-4-7-27(30)41-3)18-25-29(28)36(31(37)32(25)14-5-15-32)20-21-8-10-23(40-2)11-9-21/h4,6-11,18-19,24,34H,5,12-17,20H2,1-3H3. The SMILES string of the molecule is COc1ccc(CN2C(=O)C3(CCC3)c3cc(NS(=O)(=O)c4c(F)cccc4OC)cc(OC4CCN(C)CC4)c32)cc1. The number of carbonyl (C=O) groups is 1. The first-order valence-corrected chi connectivity index (χ1v) is 16.0. The van der Waals surface area contributed by atoms with Gasteiger partial charge in [0.15, 0.2) is 4.90 Å². The molecule has 6 rings (SSSR count). The third kappa shape index (κ3) is 5.29. The predicted molar refractivity (Wildman–Crippen MR) is 161 cm³/mol. The zero-order chi connectivity index (χ0) is 30.4. The van der Waals surface area contributed by atoms with Crippen LogP contribution in [0.1, 0.15) is 43.2 Å². The van der Waals surface area contributed by atoms with E-state index < -0.39 is 26.2 Å². The highest BCUT2D eigenvalue weighted by Crippen LogP contribution is 2.57. The van der Waals surface area contributed by atoms with Gasteiger partial charge in [-0.25, -0.2) is 12.8 Å². The van der Waals surface area contributed by atoms with E-state index >= 15 is 0 Å². The van der Waals surface area contributed by atoms with Gasteiger partial charge in [0.2, 0.25) is 5.91 Å². The number of sulfonamides is 1. The van der Waals surface area contributed by atoms with Gasteiger partial charge in [0, 0.05) is 19.2 Å². The van der Waals surface area contributed by atoms with Crippen molar-refractivity contribution in [1.82, 2.24) is 4.90 Å². The molecule has 1 spiro atoms. The number of ether oxygens (including phenoxy) is 3. The number of carbonyl (C=O) groups excluding carboxylic acids is 1. The van der Waals surface area contributed by atoms with Crippen molar-refractivity contribution in [1.29, 1.82) is 0 Å². The molecule has 2 fully saturated rings. The maximum Gasteiger partial charge on any atom is 0.268 e. The van der Waals surface area contributed by atoms with E-state index in [2.05, 4.69) is 16.7 Å². The molecule has 0 atom stereocenters. The van der Waals surface area contributed by atoms with Crippen LogP contribution in [0.3, 0.4) is 0 Å². The van der Waals surface area contributed by atoms with Crippen molar-refractivity contribution in [2.24, 2.45) is 0 Å². The molecule has 0 radical (unpaired) electrons. The first-order chi connectivity index (χ1) is 20.6. The van der Waals surface area contributed by atoms with Crippen molar-refractivity contribution < 1.29 is 31.8 Å². The highest BCUT2D eigenvalue weighted by Gasteiger charge is 2.55. The van der Waals surface area contributed by atoms with E-state index in [-0.39, 0.29) is 23.4 Å². The Bertz CT molecular complexity index is 1630. The maximum absolute atomic E-state index is 14.8. The Balaban J connectivity index is 1.44. The molecule has 9 nitrogen and oxygen atoms in total. The second-order valence-corrected chi connectivity index (χ2v) is 13.2. The van der Waals surface area contributed by atoms with Crippen LogP contribution in [-0.4, -0.2) is 59.7 Å². The van der Waals surface area contributed by atoms with Gasteiger partial charge in [0.25, 0.3) is 10.0 Å². The Morgan fingerprint density at radius 2 is 1.72 bits per heavy atom. The van der Waals surface area contributed by atoms with Crippen LogP contribution in [0.15, 0.2) is 59.5 Å². The van der Waals surface area contributed by atoms with E-state index in [4.69, 9.17) is 14.2 Å². The first-order valence-electron chi connectivity index (χ1n) is 14.5. The van der Waals surface area contributed by atoms with E-state index in [1.807, 2.05) is 24.3 Å². The van der Waals surface area contributed by atoms with Crippen LogP contribution in [0.4, 0.5) is 15.8 Å². The maximum atomic E-state index is 14.8. The van der Waals surface area contributed by atoms with Crippen LogP contribution >= 0.6 is 0 Å². The van der Waals surface area contributed by atoms with Gasteiger partial charge in [-0.15, -0.1) is 0 Å². The molecule has 3 aromatic carbocycles. The lowest BCUT2D eigenvalue weighted by atomic mass is 9.65. The molecule has 1 N–H and O–H groups in total. The van der Waals surface area contributed by atoms with Crippen LogP contribution < -0.4 is 23.8 Å². The van der Waals surface area contributed by atoms with Crippen molar-refractivity contribution in [2.45, 2.75) is 55.1 Å². The zero-order valence-corrected chi connectivity index (χ0v) is 25.4. The Morgan fingerprint density at radius 3 is 2.35 bits per heavy atom. The summed E-state index contributed by atoms with van der Waals surface area (Å²) in [5.41, 5.74) is 1.78. The second kappa shape index (κ2) is 11.3. The van der Waals surface area contributed by atoms with Crippen molar-refractivity contribution in [3.8, 4) is 17.2 Å². The number of rotatable bonds is 9. The summed E-state index contributed by atoms with van der Waals surface area (Å²) in [7, 11) is 0.572. The quantitative estimate of drug-likeness (QED) is 0.361. The monoisotopic (exact) mass is 609 g/mol. The number of benzene rings is 3. The first kappa shape index (κ1) is 29.3. The van der Waals surface area contributed by atoms with Gasteiger partial charge >= 0.3 is 0 Å². The van der Waals surface area contributed by atoms with Gasteiger partial charge in [0.1, 0.15) is 29.2 Å². The molecule has 0 bridgehead atoms. The normalized spacial score (nSPS) is 18.3. The largest absolute Gasteiger partial charge is 0.497 e. The lowest BCUT2D eigenvalue weighted by Crippen LogP contribution is -2.44. The number of methoxy groups -OCH3 is 2. The van der Waals surface area contributed by atoms with Gasteiger partial charge in [-0.2, -0.15) is 0 Å². The summed E-state index contributed by atoms with van der Waals surface area (Å²) in [6, 6.07) is 14.8. The number of fused-ring (bicyclic) bond motifs is 2. The average Bonchev–Trinajstić information content (AvgIpc) is 3.21. The summed E-state index contributed by atoms with van der Waals surface area (Å²) in [6.07, 6.45) is 3.69. The Morgan fingerprint density at radius 1 is 1.00 bits per heavy atom. The molecule has 2 aliphatic heterocycles. The fourth-order valence-corrected chi connectivity index (χ4v) is 7.62. The van der Waals surface area contributed by atoms with E-state index in [0.717, 1.165) is 55.3 Å². The number of likely N-dealkylation sites (tertiary alicyclic amines) is 1. The lowest BCUT2D eigenvalue weighted by Gasteiger charge is -2.37. The minimum absolute atomic E-state index is 0.0198. The fourth-order valence-electron chi connectivity index (χ4n) is 6.35. The molecule has 1 saturated carbocycles. The molecule has 43 heavy (non-hydrogen) atoms. The number of anilines is 2. The van der Waals surface area contributed by atoms with Crippen LogP contribution in [0.2, 0.25) is 0 Å². The minimum Gasteiger partial charge on any atom is -0.497 e. The number of hydrogen-bond acceptors (Lipinski definition) is 7. The number of piperidine rings is 1. The molecular formula is C32H36FN3O6S. The van der Waals surface area contributed by atoms with Crippen LogP contribution in [0, 0.1) is 5.82 Å². The molecule has 3 aromatic rings. The molecule has 0 aromatic heterocycles. The summed E-state index contributed by atoms with van der Waals surface area (Å²) in [4.78, 5) is 17.6. The molecule has 3 aliphatic rings.